The van der Waals surface area contributed by atoms with Crippen molar-refractivity contribution in [2.75, 3.05) is 14.2 Å². The van der Waals surface area contributed by atoms with Gasteiger partial charge in [0.25, 0.3) is 0 Å². The van der Waals surface area contributed by atoms with Gasteiger partial charge in [-0.2, -0.15) is 5.26 Å². The van der Waals surface area contributed by atoms with Crippen LogP contribution < -0.4 is 9.47 Å². The van der Waals surface area contributed by atoms with Gasteiger partial charge in [0.2, 0.25) is 0 Å². The van der Waals surface area contributed by atoms with Gasteiger partial charge >= 0.3 is 0 Å². The molecular weight excluding hydrogens is 304 g/mol. The lowest BCUT2D eigenvalue weighted by Gasteiger charge is -2.12. The molecule has 0 unspecified atom stereocenters. The Hall–Kier alpha value is -2.78. The summed E-state index contributed by atoms with van der Waals surface area (Å²) in [6.45, 7) is 0. The molecule has 6 nitrogen and oxygen atoms in total. The predicted octanol–water partition coefficient (Wildman–Crippen LogP) is 3.17. The van der Waals surface area contributed by atoms with Crippen molar-refractivity contribution in [3.05, 3.63) is 35.2 Å². The number of aromatic amines is 1. The maximum atomic E-state index is 9.24. The summed E-state index contributed by atoms with van der Waals surface area (Å²) in [6.07, 6.45) is 3.01. The van der Waals surface area contributed by atoms with Crippen molar-refractivity contribution in [2.45, 2.75) is 0 Å². The maximum absolute atomic E-state index is 9.24. The van der Waals surface area contributed by atoms with E-state index in [9.17, 15) is 5.26 Å². The number of H-pyrrole nitrogens is 1. The van der Waals surface area contributed by atoms with Crippen LogP contribution in [-0.4, -0.2) is 29.2 Å². The lowest BCUT2D eigenvalue weighted by molar-refractivity contribution is 0.355. The number of rotatable bonds is 3. The molecule has 0 aliphatic rings. The van der Waals surface area contributed by atoms with E-state index in [1.54, 1.807) is 25.4 Å². The standard InChI is InChI=1S/C15H11ClN4O2/c1-21-11-3-9(10(16)4-12(11)22-2)14-13-8(5-17)6-18-15(13)20-7-19-14/h3-4,6-7H,1-2H3,(H,18,19,20). The van der Waals surface area contributed by atoms with E-state index in [4.69, 9.17) is 21.1 Å². The summed E-state index contributed by atoms with van der Waals surface area (Å²) in [5.41, 5.74) is 2.24. The first-order valence-corrected chi connectivity index (χ1v) is 6.71. The van der Waals surface area contributed by atoms with Crippen LogP contribution in [0.1, 0.15) is 5.56 Å². The molecule has 0 saturated carbocycles. The Labute approximate surface area is 131 Å². The quantitative estimate of drug-likeness (QED) is 0.802. The van der Waals surface area contributed by atoms with Gasteiger partial charge in [-0.25, -0.2) is 9.97 Å². The Morgan fingerprint density at radius 2 is 1.91 bits per heavy atom. The fraction of sp³-hybridized carbons (Fsp3) is 0.133. The summed E-state index contributed by atoms with van der Waals surface area (Å²) in [7, 11) is 3.08. The van der Waals surface area contributed by atoms with E-state index < -0.39 is 0 Å². The number of nitrogens with zero attached hydrogens (tertiary/aromatic N) is 3. The van der Waals surface area contributed by atoms with Crippen molar-refractivity contribution in [1.29, 1.82) is 5.26 Å². The summed E-state index contributed by atoms with van der Waals surface area (Å²) >= 11 is 6.35. The number of nitrogens with one attached hydrogen (secondary N) is 1. The van der Waals surface area contributed by atoms with Crippen LogP contribution in [-0.2, 0) is 0 Å². The van der Waals surface area contributed by atoms with Gasteiger partial charge in [0.1, 0.15) is 18.0 Å². The third kappa shape index (κ3) is 2.12. The molecule has 0 saturated heterocycles. The molecule has 3 aromatic rings. The zero-order valence-corrected chi connectivity index (χ0v) is 12.6. The molecule has 1 N–H and O–H groups in total. The largest absolute Gasteiger partial charge is 0.493 e. The van der Waals surface area contributed by atoms with Crippen LogP contribution in [0.2, 0.25) is 5.02 Å². The fourth-order valence-corrected chi connectivity index (χ4v) is 2.53. The van der Waals surface area contributed by atoms with Crippen molar-refractivity contribution in [3.63, 3.8) is 0 Å². The number of hydrogen-bond donors (Lipinski definition) is 1. The normalized spacial score (nSPS) is 10.5. The first-order chi connectivity index (χ1) is 10.7. The molecule has 110 valence electrons. The fourth-order valence-electron chi connectivity index (χ4n) is 2.29. The Bertz CT molecular complexity index is 898. The number of nitriles is 1. The summed E-state index contributed by atoms with van der Waals surface area (Å²) < 4.78 is 10.5. The highest BCUT2D eigenvalue weighted by Gasteiger charge is 2.17. The average Bonchev–Trinajstić information content (AvgIpc) is 2.97. The number of methoxy groups -OCH3 is 2. The van der Waals surface area contributed by atoms with Crippen molar-refractivity contribution < 1.29 is 9.47 Å². The summed E-state index contributed by atoms with van der Waals surface area (Å²) in [4.78, 5) is 11.4. The number of benzene rings is 1. The topological polar surface area (TPSA) is 83.8 Å². The van der Waals surface area contributed by atoms with Gasteiger partial charge < -0.3 is 14.5 Å². The number of hydrogen-bond acceptors (Lipinski definition) is 5. The molecule has 0 radical (unpaired) electrons. The SMILES string of the molecule is COc1cc(Cl)c(-c2ncnc3[nH]cc(C#N)c23)cc1OC. The van der Waals surface area contributed by atoms with Gasteiger partial charge in [-0.15, -0.1) is 0 Å². The Morgan fingerprint density at radius 1 is 1.18 bits per heavy atom. The van der Waals surface area contributed by atoms with Gasteiger partial charge in [0.15, 0.2) is 11.5 Å². The van der Waals surface area contributed by atoms with Crippen molar-refractivity contribution in [1.82, 2.24) is 15.0 Å². The van der Waals surface area contributed by atoms with Crippen LogP contribution >= 0.6 is 11.6 Å². The van der Waals surface area contributed by atoms with Crippen molar-refractivity contribution in [3.8, 4) is 28.8 Å². The highest BCUT2D eigenvalue weighted by molar-refractivity contribution is 6.34. The minimum Gasteiger partial charge on any atom is -0.493 e. The van der Waals surface area contributed by atoms with Crippen LogP contribution in [0.3, 0.4) is 0 Å². The molecule has 0 fully saturated rings. The maximum Gasteiger partial charge on any atom is 0.162 e. The number of aromatic nitrogens is 3. The first kappa shape index (κ1) is 14.2. The second-order valence-corrected chi connectivity index (χ2v) is 4.85. The van der Waals surface area contributed by atoms with Gasteiger partial charge in [-0.1, -0.05) is 11.6 Å². The van der Waals surface area contributed by atoms with E-state index in [-0.39, 0.29) is 0 Å². The van der Waals surface area contributed by atoms with E-state index >= 15 is 0 Å². The number of fused-ring (bicyclic) bond motifs is 1. The lowest BCUT2D eigenvalue weighted by Crippen LogP contribution is -1.94. The van der Waals surface area contributed by atoms with E-state index in [0.717, 1.165) is 0 Å². The van der Waals surface area contributed by atoms with E-state index in [0.29, 0.717) is 44.4 Å². The molecule has 2 heterocycles. The third-order valence-corrected chi connectivity index (χ3v) is 3.63. The molecule has 22 heavy (non-hydrogen) atoms. The zero-order chi connectivity index (χ0) is 15.7. The minimum absolute atomic E-state index is 0.447. The molecule has 7 heteroatoms. The summed E-state index contributed by atoms with van der Waals surface area (Å²) in [5.74, 6) is 1.05. The Kier molecular flexibility index (Phi) is 3.57. The monoisotopic (exact) mass is 314 g/mol. The molecule has 1 aromatic carbocycles. The molecule has 0 aliphatic heterocycles. The molecule has 2 aromatic heterocycles. The highest BCUT2D eigenvalue weighted by Crippen LogP contribution is 2.39. The average molecular weight is 315 g/mol. The summed E-state index contributed by atoms with van der Waals surface area (Å²) in [5, 5.41) is 10.3. The van der Waals surface area contributed by atoms with Crippen LogP contribution in [0.5, 0.6) is 11.5 Å². The van der Waals surface area contributed by atoms with Crippen LogP contribution in [0.4, 0.5) is 0 Å². The highest BCUT2D eigenvalue weighted by atomic mass is 35.5. The van der Waals surface area contributed by atoms with E-state index in [2.05, 4.69) is 21.0 Å². The van der Waals surface area contributed by atoms with Crippen molar-refractivity contribution in [2.24, 2.45) is 0 Å². The molecule has 0 aliphatic carbocycles. The predicted molar refractivity (Wildman–Crippen MR) is 82.2 cm³/mol. The van der Waals surface area contributed by atoms with Gasteiger partial charge in [-0.3, -0.25) is 0 Å². The van der Waals surface area contributed by atoms with Gasteiger partial charge in [-0.05, 0) is 6.07 Å². The zero-order valence-electron chi connectivity index (χ0n) is 11.8. The number of ether oxygens (including phenoxy) is 2. The lowest BCUT2D eigenvalue weighted by atomic mass is 10.1. The molecule has 0 atom stereocenters. The first-order valence-electron chi connectivity index (χ1n) is 6.33. The molecule has 3 rings (SSSR count). The van der Waals surface area contributed by atoms with Gasteiger partial charge in [0.05, 0.1) is 35.9 Å². The van der Waals surface area contributed by atoms with E-state index in [1.165, 1.54) is 13.4 Å². The Balaban J connectivity index is 2.33. The third-order valence-electron chi connectivity index (χ3n) is 3.32. The second-order valence-electron chi connectivity index (χ2n) is 4.45. The molecule has 0 spiro atoms. The van der Waals surface area contributed by atoms with Gasteiger partial charge in [0, 0.05) is 17.8 Å². The van der Waals surface area contributed by atoms with Crippen LogP contribution in [0.15, 0.2) is 24.7 Å². The molecular formula is C15H11ClN4O2. The minimum atomic E-state index is 0.447. The van der Waals surface area contributed by atoms with Crippen LogP contribution in [0, 0.1) is 11.3 Å². The van der Waals surface area contributed by atoms with E-state index in [1.807, 2.05) is 0 Å². The molecule has 0 amide bonds. The Morgan fingerprint density at radius 3 is 2.59 bits per heavy atom. The number of halogens is 1. The smallest absolute Gasteiger partial charge is 0.162 e. The second kappa shape index (κ2) is 5.54. The van der Waals surface area contributed by atoms with Crippen molar-refractivity contribution >= 4 is 22.6 Å². The molecule has 0 bridgehead atoms. The van der Waals surface area contributed by atoms with Crippen LogP contribution in [0.25, 0.3) is 22.3 Å². The summed E-state index contributed by atoms with van der Waals surface area (Å²) in [6, 6.07) is 5.51.